The maximum absolute atomic E-state index is 12.7. The van der Waals surface area contributed by atoms with Crippen LogP contribution >= 0.6 is 0 Å². The molecule has 0 saturated carbocycles. The molecule has 8 nitrogen and oxygen atoms in total. The molecule has 0 aromatic carbocycles. The number of fused-ring (bicyclic) bond motifs is 2. The number of carbonyl (C=O) groups is 1. The van der Waals surface area contributed by atoms with Crippen molar-refractivity contribution in [2.75, 3.05) is 13.2 Å². The van der Waals surface area contributed by atoms with Crippen molar-refractivity contribution in [3.05, 3.63) is 51.9 Å². The quantitative estimate of drug-likeness (QED) is 0.529. The van der Waals surface area contributed by atoms with Crippen molar-refractivity contribution in [2.45, 2.75) is 13.5 Å². The van der Waals surface area contributed by atoms with Gasteiger partial charge in [-0.05, 0) is 25.1 Å². The topological polar surface area (TPSA) is 110 Å². The van der Waals surface area contributed by atoms with E-state index in [-0.39, 0.29) is 47.4 Å². The van der Waals surface area contributed by atoms with Gasteiger partial charge >= 0.3 is 5.97 Å². The van der Waals surface area contributed by atoms with E-state index >= 15 is 0 Å². The van der Waals surface area contributed by atoms with E-state index in [1.54, 1.807) is 31.3 Å². The fraction of sp³-hybridized carbons (Fsp3) is 0.250. The third-order valence-corrected chi connectivity index (χ3v) is 3.64. The average molecular weight is 328 g/mol. The lowest BCUT2D eigenvalue weighted by atomic mass is 10.2. The van der Waals surface area contributed by atoms with Crippen LogP contribution in [0.5, 0.6) is 0 Å². The number of nitrogens with zero attached hydrogens (tertiary/aromatic N) is 3. The minimum Gasteiger partial charge on any atom is -0.462 e. The minimum atomic E-state index is -0.686. The van der Waals surface area contributed by atoms with Crippen molar-refractivity contribution in [1.29, 1.82) is 5.41 Å². The predicted molar refractivity (Wildman–Crippen MR) is 85.9 cm³/mol. The van der Waals surface area contributed by atoms with E-state index in [1.807, 2.05) is 0 Å². The Balaban J connectivity index is 2.46. The molecule has 2 N–H and O–H groups in total. The number of hydrogen-bond donors (Lipinski definition) is 2. The highest BCUT2D eigenvalue weighted by Gasteiger charge is 2.17. The van der Waals surface area contributed by atoms with Crippen molar-refractivity contribution < 1.29 is 14.6 Å². The fourth-order valence-electron chi connectivity index (χ4n) is 2.57. The van der Waals surface area contributed by atoms with Crippen molar-refractivity contribution in [2.24, 2.45) is 0 Å². The first-order valence-electron chi connectivity index (χ1n) is 7.46. The molecule has 0 fully saturated rings. The first-order valence-corrected chi connectivity index (χ1v) is 7.46. The van der Waals surface area contributed by atoms with Crippen LogP contribution in [0.15, 0.2) is 35.3 Å². The van der Waals surface area contributed by atoms with Gasteiger partial charge in [0.05, 0.1) is 18.6 Å². The van der Waals surface area contributed by atoms with Crippen LogP contribution in [0.4, 0.5) is 0 Å². The van der Waals surface area contributed by atoms with Crippen LogP contribution in [-0.4, -0.2) is 38.2 Å². The monoisotopic (exact) mass is 328 g/mol. The van der Waals surface area contributed by atoms with Gasteiger partial charge in [-0.25, -0.2) is 9.78 Å². The van der Waals surface area contributed by atoms with Gasteiger partial charge in [0.1, 0.15) is 22.3 Å². The van der Waals surface area contributed by atoms with E-state index in [2.05, 4.69) is 4.98 Å². The first-order chi connectivity index (χ1) is 11.6. The highest BCUT2D eigenvalue weighted by atomic mass is 16.5. The highest BCUT2D eigenvalue weighted by Crippen LogP contribution is 2.10. The lowest BCUT2D eigenvalue weighted by molar-refractivity contribution is 0.0523. The molecule has 3 aromatic heterocycles. The minimum absolute atomic E-state index is 0.0346. The van der Waals surface area contributed by atoms with Gasteiger partial charge in [0, 0.05) is 12.7 Å². The van der Waals surface area contributed by atoms with Gasteiger partial charge in [-0.3, -0.25) is 14.6 Å². The van der Waals surface area contributed by atoms with E-state index < -0.39 is 5.97 Å². The van der Waals surface area contributed by atoms with Crippen LogP contribution in [0.25, 0.3) is 16.7 Å². The van der Waals surface area contributed by atoms with E-state index in [9.17, 15) is 14.7 Å². The summed E-state index contributed by atoms with van der Waals surface area (Å²) in [6.45, 7) is 1.60. The molecular formula is C16H16N4O4. The number of esters is 1. The van der Waals surface area contributed by atoms with Crippen LogP contribution in [0.3, 0.4) is 0 Å². The van der Waals surface area contributed by atoms with Gasteiger partial charge in [-0.2, -0.15) is 0 Å². The third-order valence-electron chi connectivity index (χ3n) is 3.64. The summed E-state index contributed by atoms with van der Waals surface area (Å²) < 4.78 is 7.66. The number of nitrogens with one attached hydrogen (secondary N) is 1. The number of rotatable bonds is 4. The molecular weight excluding hydrogens is 312 g/mol. The number of aliphatic hydroxyl groups is 1. The Morgan fingerprint density at radius 2 is 2.21 bits per heavy atom. The molecule has 3 heterocycles. The van der Waals surface area contributed by atoms with E-state index in [0.717, 1.165) is 0 Å². The molecule has 3 rings (SSSR count). The molecule has 24 heavy (non-hydrogen) atoms. The standard InChI is InChI=1S/C16H16N4O4/c1-2-24-16(23)10-9-11-14(20(7-8-21)13(10)17)18-12-5-3-4-6-19(12)15(11)22/h3-6,9,17,21H,2,7-8H2,1H3. The molecule has 8 heteroatoms. The van der Waals surface area contributed by atoms with Crippen LogP contribution in [0, 0.1) is 5.41 Å². The summed E-state index contributed by atoms with van der Waals surface area (Å²) in [6.07, 6.45) is 1.58. The van der Waals surface area contributed by atoms with Crippen molar-refractivity contribution >= 4 is 22.6 Å². The molecule has 0 radical (unpaired) electrons. The van der Waals surface area contributed by atoms with E-state index in [1.165, 1.54) is 15.0 Å². The van der Waals surface area contributed by atoms with Crippen molar-refractivity contribution in [3.63, 3.8) is 0 Å². The number of aromatic nitrogens is 3. The van der Waals surface area contributed by atoms with Crippen LogP contribution in [0.2, 0.25) is 0 Å². The van der Waals surface area contributed by atoms with Gasteiger partial charge in [0.25, 0.3) is 5.56 Å². The Kier molecular flexibility index (Phi) is 4.13. The molecule has 3 aromatic rings. The van der Waals surface area contributed by atoms with E-state index in [0.29, 0.717) is 5.65 Å². The Morgan fingerprint density at radius 3 is 2.92 bits per heavy atom. The molecule has 0 bridgehead atoms. The second-order valence-electron chi connectivity index (χ2n) is 5.09. The molecule has 0 unspecified atom stereocenters. The summed E-state index contributed by atoms with van der Waals surface area (Å²) in [5.41, 5.74) is 0.130. The number of carbonyl (C=O) groups excluding carboxylic acids is 1. The number of ether oxygens (including phenoxy) is 1. The summed E-state index contributed by atoms with van der Waals surface area (Å²) in [4.78, 5) is 29.2. The third kappa shape index (κ3) is 2.46. The normalized spacial score (nSPS) is 11.1. The second kappa shape index (κ2) is 6.25. The summed E-state index contributed by atoms with van der Waals surface area (Å²) >= 11 is 0. The highest BCUT2D eigenvalue weighted by molar-refractivity contribution is 5.93. The molecule has 0 aliphatic carbocycles. The predicted octanol–water partition coefficient (Wildman–Crippen LogP) is 0.298. The van der Waals surface area contributed by atoms with Crippen molar-refractivity contribution in [1.82, 2.24) is 14.0 Å². The maximum atomic E-state index is 12.7. The lowest BCUT2D eigenvalue weighted by Crippen LogP contribution is -2.31. The molecule has 0 aliphatic heterocycles. The van der Waals surface area contributed by atoms with Crippen LogP contribution in [0.1, 0.15) is 17.3 Å². The Labute approximate surface area is 136 Å². The van der Waals surface area contributed by atoms with Gasteiger partial charge in [0.15, 0.2) is 0 Å². The van der Waals surface area contributed by atoms with Crippen LogP contribution < -0.4 is 11.0 Å². The number of hydrogen-bond acceptors (Lipinski definition) is 6. The van der Waals surface area contributed by atoms with Gasteiger partial charge in [-0.1, -0.05) is 6.07 Å². The maximum Gasteiger partial charge on any atom is 0.341 e. The zero-order valence-corrected chi connectivity index (χ0v) is 13.0. The molecule has 0 spiro atoms. The first kappa shape index (κ1) is 15.9. The summed E-state index contributed by atoms with van der Waals surface area (Å²) in [5.74, 6) is -0.686. The molecule has 0 amide bonds. The van der Waals surface area contributed by atoms with Crippen molar-refractivity contribution in [3.8, 4) is 0 Å². The van der Waals surface area contributed by atoms with Gasteiger partial charge in [0.2, 0.25) is 0 Å². The summed E-state index contributed by atoms with van der Waals surface area (Å²) in [6, 6.07) is 6.46. The molecule has 0 aliphatic rings. The summed E-state index contributed by atoms with van der Waals surface area (Å²) in [5, 5.41) is 17.7. The van der Waals surface area contributed by atoms with Crippen LogP contribution in [-0.2, 0) is 11.3 Å². The largest absolute Gasteiger partial charge is 0.462 e. The van der Waals surface area contributed by atoms with Gasteiger partial charge < -0.3 is 14.4 Å². The lowest BCUT2D eigenvalue weighted by Gasteiger charge is -2.13. The fourth-order valence-corrected chi connectivity index (χ4v) is 2.57. The Bertz CT molecular complexity index is 1050. The SMILES string of the molecule is CCOC(=O)c1cc2c(=O)n3ccccc3nc2n(CCO)c1=N. The zero-order valence-electron chi connectivity index (χ0n) is 13.0. The zero-order chi connectivity index (χ0) is 17.3. The second-order valence-corrected chi connectivity index (χ2v) is 5.09. The number of aliphatic hydroxyl groups excluding tert-OH is 1. The number of pyridine rings is 2. The summed E-state index contributed by atoms with van der Waals surface area (Å²) in [7, 11) is 0. The Hall–Kier alpha value is -3.00. The average Bonchev–Trinajstić information content (AvgIpc) is 2.58. The smallest absolute Gasteiger partial charge is 0.341 e. The van der Waals surface area contributed by atoms with Gasteiger partial charge in [-0.15, -0.1) is 0 Å². The molecule has 124 valence electrons. The van der Waals surface area contributed by atoms with E-state index in [4.69, 9.17) is 10.1 Å². The molecule has 0 saturated heterocycles. The molecule has 0 atom stereocenters. The Morgan fingerprint density at radius 1 is 1.42 bits per heavy atom.